The Morgan fingerprint density at radius 2 is 1.88 bits per heavy atom. The Bertz CT molecular complexity index is 927. The molecule has 2 amide bonds. The summed E-state index contributed by atoms with van der Waals surface area (Å²) in [6.07, 6.45) is 4.10. The average molecular weight is 454 g/mol. The molecule has 2 aromatic carbocycles. The Labute approximate surface area is 196 Å². The van der Waals surface area contributed by atoms with E-state index in [0.29, 0.717) is 18.8 Å². The van der Waals surface area contributed by atoms with E-state index in [4.69, 9.17) is 9.47 Å². The highest BCUT2D eigenvalue weighted by molar-refractivity contribution is 5.89. The molecule has 0 radical (unpaired) electrons. The normalized spacial score (nSPS) is 11.9. The van der Waals surface area contributed by atoms with Crippen molar-refractivity contribution in [3.8, 4) is 11.5 Å². The lowest BCUT2D eigenvalue weighted by Gasteiger charge is -2.19. The second-order valence-corrected chi connectivity index (χ2v) is 8.31. The summed E-state index contributed by atoms with van der Waals surface area (Å²) in [4.78, 5) is 25.1. The second-order valence-electron chi connectivity index (χ2n) is 8.31. The zero-order chi connectivity index (χ0) is 24.1. The van der Waals surface area contributed by atoms with Crippen LogP contribution in [0.4, 0.5) is 0 Å². The molecule has 0 aliphatic heterocycles. The van der Waals surface area contributed by atoms with Crippen LogP contribution >= 0.6 is 0 Å². The molecule has 0 saturated carbocycles. The molecule has 0 bridgehead atoms. The largest absolute Gasteiger partial charge is 0.494 e. The lowest BCUT2D eigenvalue weighted by molar-refractivity contribution is -0.130. The summed E-state index contributed by atoms with van der Waals surface area (Å²) in [7, 11) is 0. The van der Waals surface area contributed by atoms with Gasteiger partial charge in [-0.3, -0.25) is 9.59 Å². The van der Waals surface area contributed by atoms with E-state index in [0.717, 1.165) is 29.7 Å². The van der Waals surface area contributed by atoms with E-state index in [1.54, 1.807) is 12.3 Å². The van der Waals surface area contributed by atoms with Gasteiger partial charge in [0.2, 0.25) is 0 Å². The quantitative estimate of drug-likeness (QED) is 0.270. The van der Waals surface area contributed by atoms with Crippen LogP contribution in [0.25, 0.3) is 0 Å². The van der Waals surface area contributed by atoms with Crippen LogP contribution in [0.2, 0.25) is 0 Å². The number of hydrazone groups is 1. The number of hydrogen-bond donors (Lipinski definition) is 2. The molecule has 1 atom stereocenters. The number of unbranched alkanes of at least 4 members (excludes halogenated alkanes) is 1. The van der Waals surface area contributed by atoms with Crippen molar-refractivity contribution >= 4 is 18.0 Å². The van der Waals surface area contributed by atoms with Gasteiger partial charge in [0.25, 0.3) is 11.8 Å². The third kappa shape index (κ3) is 9.76. The maximum atomic E-state index is 12.7. The molecule has 7 heteroatoms. The molecule has 0 aliphatic rings. The number of aryl methyl sites for hydroxylation is 1. The van der Waals surface area contributed by atoms with Gasteiger partial charge in [0.1, 0.15) is 17.5 Å². The van der Waals surface area contributed by atoms with Gasteiger partial charge in [-0.05, 0) is 55.0 Å². The van der Waals surface area contributed by atoms with E-state index in [-0.39, 0.29) is 24.3 Å². The summed E-state index contributed by atoms with van der Waals surface area (Å²) in [6, 6.07) is 14.3. The van der Waals surface area contributed by atoms with E-state index in [2.05, 4.69) is 22.8 Å². The SMILES string of the molecule is CCCCOc1cccc(/C=N\NC(=O)[C@H](CC(C)C)NC(=O)COc2ccccc2C)c1. The maximum absolute atomic E-state index is 12.7. The summed E-state index contributed by atoms with van der Waals surface area (Å²) in [5.74, 6) is 0.874. The molecular formula is C26H35N3O4. The first kappa shape index (κ1) is 25.9. The molecule has 0 spiro atoms. The lowest BCUT2D eigenvalue weighted by atomic mass is 10.0. The second kappa shape index (κ2) is 13.9. The van der Waals surface area contributed by atoms with Crippen molar-refractivity contribution in [1.82, 2.24) is 10.7 Å². The number of nitrogens with one attached hydrogen (secondary N) is 2. The van der Waals surface area contributed by atoms with E-state index in [9.17, 15) is 9.59 Å². The van der Waals surface area contributed by atoms with Gasteiger partial charge in [-0.25, -0.2) is 5.43 Å². The molecule has 33 heavy (non-hydrogen) atoms. The van der Waals surface area contributed by atoms with Crippen molar-refractivity contribution in [1.29, 1.82) is 0 Å². The molecule has 0 aromatic heterocycles. The molecule has 7 nitrogen and oxygen atoms in total. The molecule has 0 fully saturated rings. The minimum atomic E-state index is -0.709. The molecule has 0 saturated heterocycles. The molecule has 0 aliphatic carbocycles. The van der Waals surface area contributed by atoms with Gasteiger partial charge in [0.05, 0.1) is 12.8 Å². The van der Waals surface area contributed by atoms with Crippen LogP contribution in [0.5, 0.6) is 11.5 Å². The number of nitrogens with zero attached hydrogens (tertiary/aromatic N) is 1. The molecule has 0 unspecified atom stereocenters. The number of carbonyl (C=O) groups excluding carboxylic acids is 2. The van der Waals surface area contributed by atoms with Gasteiger partial charge in [0.15, 0.2) is 6.61 Å². The molecule has 0 heterocycles. The summed E-state index contributed by atoms with van der Waals surface area (Å²) in [5, 5.41) is 6.81. The van der Waals surface area contributed by atoms with Crippen molar-refractivity contribution in [3.05, 3.63) is 59.7 Å². The van der Waals surface area contributed by atoms with Crippen LogP contribution in [0.1, 0.15) is 51.2 Å². The van der Waals surface area contributed by atoms with Crippen molar-refractivity contribution in [2.75, 3.05) is 13.2 Å². The fourth-order valence-corrected chi connectivity index (χ4v) is 3.07. The van der Waals surface area contributed by atoms with Gasteiger partial charge in [-0.15, -0.1) is 0 Å². The van der Waals surface area contributed by atoms with Crippen LogP contribution in [0.15, 0.2) is 53.6 Å². The Morgan fingerprint density at radius 3 is 2.61 bits per heavy atom. The minimum absolute atomic E-state index is 0.166. The number of ether oxygens (including phenoxy) is 2. The first-order valence-electron chi connectivity index (χ1n) is 11.4. The number of carbonyl (C=O) groups is 2. The Hall–Kier alpha value is -3.35. The Kier molecular flexibility index (Phi) is 10.9. The van der Waals surface area contributed by atoms with Gasteiger partial charge in [0, 0.05) is 0 Å². The molecule has 2 rings (SSSR count). The number of benzene rings is 2. The van der Waals surface area contributed by atoms with E-state index in [1.807, 2.05) is 63.2 Å². The van der Waals surface area contributed by atoms with Gasteiger partial charge in [-0.2, -0.15) is 5.10 Å². The molecule has 2 N–H and O–H groups in total. The third-order valence-electron chi connectivity index (χ3n) is 4.82. The third-order valence-corrected chi connectivity index (χ3v) is 4.82. The summed E-state index contributed by atoms with van der Waals surface area (Å²) < 4.78 is 11.3. The van der Waals surface area contributed by atoms with Gasteiger partial charge < -0.3 is 14.8 Å². The van der Waals surface area contributed by atoms with Crippen molar-refractivity contribution in [2.45, 2.75) is 53.0 Å². The summed E-state index contributed by atoms with van der Waals surface area (Å²) in [6.45, 7) is 8.50. The molecule has 178 valence electrons. The van der Waals surface area contributed by atoms with Crippen LogP contribution in [0, 0.1) is 12.8 Å². The highest BCUT2D eigenvalue weighted by atomic mass is 16.5. The number of amides is 2. The van der Waals surface area contributed by atoms with Crippen molar-refractivity contribution < 1.29 is 19.1 Å². The first-order chi connectivity index (χ1) is 15.9. The number of para-hydroxylation sites is 1. The van der Waals surface area contributed by atoms with Crippen molar-refractivity contribution in [2.24, 2.45) is 11.0 Å². The fraction of sp³-hybridized carbons (Fsp3) is 0.423. The zero-order valence-electron chi connectivity index (χ0n) is 20.0. The fourth-order valence-electron chi connectivity index (χ4n) is 3.07. The average Bonchev–Trinajstić information content (AvgIpc) is 2.78. The van der Waals surface area contributed by atoms with Crippen molar-refractivity contribution in [3.63, 3.8) is 0 Å². The predicted octanol–water partition coefficient (Wildman–Crippen LogP) is 4.23. The van der Waals surface area contributed by atoms with Crippen LogP contribution in [-0.4, -0.2) is 37.3 Å². The van der Waals surface area contributed by atoms with Crippen LogP contribution in [0.3, 0.4) is 0 Å². The lowest BCUT2D eigenvalue weighted by Crippen LogP contribution is -2.47. The smallest absolute Gasteiger partial charge is 0.262 e. The predicted molar refractivity (Wildman–Crippen MR) is 131 cm³/mol. The Balaban J connectivity index is 1.90. The zero-order valence-corrected chi connectivity index (χ0v) is 20.0. The van der Waals surface area contributed by atoms with Gasteiger partial charge >= 0.3 is 0 Å². The van der Waals surface area contributed by atoms with Gasteiger partial charge in [-0.1, -0.05) is 57.5 Å². The maximum Gasteiger partial charge on any atom is 0.262 e. The topological polar surface area (TPSA) is 89.0 Å². The molecular weight excluding hydrogens is 418 g/mol. The van der Waals surface area contributed by atoms with Crippen LogP contribution in [-0.2, 0) is 9.59 Å². The highest BCUT2D eigenvalue weighted by Crippen LogP contribution is 2.16. The van der Waals surface area contributed by atoms with Crippen LogP contribution < -0.4 is 20.2 Å². The molecule has 2 aromatic rings. The number of rotatable bonds is 13. The first-order valence-corrected chi connectivity index (χ1v) is 11.4. The van der Waals surface area contributed by atoms with E-state index >= 15 is 0 Å². The van der Waals surface area contributed by atoms with E-state index in [1.165, 1.54) is 0 Å². The minimum Gasteiger partial charge on any atom is -0.494 e. The van der Waals surface area contributed by atoms with E-state index < -0.39 is 6.04 Å². The highest BCUT2D eigenvalue weighted by Gasteiger charge is 2.22. The standard InChI is InChI=1S/C26H35N3O4/c1-5-6-14-32-22-12-9-11-21(16-22)17-27-29-26(31)23(15-19(2)3)28-25(30)18-33-24-13-8-7-10-20(24)4/h7-13,16-17,19,23H,5-6,14-15,18H2,1-4H3,(H,28,30)(H,29,31)/b27-17-/t23-/m0/s1. The summed E-state index contributed by atoms with van der Waals surface area (Å²) in [5.41, 5.74) is 4.28. The number of hydrogen-bond acceptors (Lipinski definition) is 5. The monoisotopic (exact) mass is 453 g/mol. The summed E-state index contributed by atoms with van der Waals surface area (Å²) >= 11 is 0. The Morgan fingerprint density at radius 1 is 1.09 bits per heavy atom.